The summed E-state index contributed by atoms with van der Waals surface area (Å²) in [5, 5.41) is 0. The van der Waals surface area contributed by atoms with Gasteiger partial charge >= 0.3 is 5.97 Å². The Balaban J connectivity index is 2.35. The fraction of sp³-hybridized carbons (Fsp3) is 0.429. The van der Waals surface area contributed by atoms with E-state index >= 15 is 0 Å². The molecule has 0 saturated carbocycles. The molecule has 18 heavy (non-hydrogen) atoms. The van der Waals surface area contributed by atoms with E-state index in [-0.39, 0.29) is 11.8 Å². The molecule has 1 rings (SSSR count). The third-order valence-electron chi connectivity index (χ3n) is 2.52. The molecule has 1 aromatic carbocycles. The zero-order valence-electron chi connectivity index (χ0n) is 10.8. The average Bonchev–Trinajstić information content (AvgIpc) is 2.43. The second-order valence-corrected chi connectivity index (χ2v) is 3.83. The molecule has 0 bridgehead atoms. The highest BCUT2D eigenvalue weighted by atomic mass is 16.5. The fourth-order valence-corrected chi connectivity index (χ4v) is 1.45. The first-order chi connectivity index (χ1) is 8.67. The quantitative estimate of drug-likeness (QED) is 0.424. The second-order valence-electron chi connectivity index (χ2n) is 3.83. The molecule has 0 N–H and O–H groups in total. The monoisotopic (exact) mass is 250 g/mol. The van der Waals surface area contributed by atoms with Crippen molar-refractivity contribution >= 4 is 11.8 Å². The Hall–Kier alpha value is -1.84. The lowest BCUT2D eigenvalue weighted by Crippen LogP contribution is -2.04. The van der Waals surface area contributed by atoms with Crippen molar-refractivity contribution in [2.75, 3.05) is 13.7 Å². The van der Waals surface area contributed by atoms with Gasteiger partial charge < -0.3 is 9.47 Å². The van der Waals surface area contributed by atoms with Crippen LogP contribution >= 0.6 is 0 Å². The molecule has 0 unspecified atom stereocenters. The van der Waals surface area contributed by atoms with Crippen LogP contribution in [0.4, 0.5) is 0 Å². The van der Waals surface area contributed by atoms with Gasteiger partial charge in [-0.05, 0) is 30.7 Å². The van der Waals surface area contributed by atoms with Gasteiger partial charge in [-0.25, -0.2) is 0 Å². The van der Waals surface area contributed by atoms with Crippen LogP contribution in [0.1, 0.15) is 36.5 Å². The number of rotatable bonds is 7. The van der Waals surface area contributed by atoms with E-state index in [0.29, 0.717) is 37.2 Å². The third-order valence-corrected chi connectivity index (χ3v) is 2.52. The number of Topliss-reactive ketones (excluding diaryl/α,β-unsaturated/α-hetero) is 1. The molecule has 0 fully saturated rings. The number of carbonyl (C=O) groups excluding carboxylic acids is 2. The lowest BCUT2D eigenvalue weighted by atomic mass is 10.1. The first-order valence-electron chi connectivity index (χ1n) is 6.00. The number of benzene rings is 1. The van der Waals surface area contributed by atoms with Crippen LogP contribution in [-0.4, -0.2) is 25.5 Å². The highest BCUT2D eigenvalue weighted by Gasteiger charge is 2.03. The van der Waals surface area contributed by atoms with E-state index in [4.69, 9.17) is 4.74 Å². The number of methoxy groups -OCH3 is 1. The van der Waals surface area contributed by atoms with Gasteiger partial charge in [0.1, 0.15) is 5.75 Å². The summed E-state index contributed by atoms with van der Waals surface area (Å²) < 4.78 is 9.98. The molecule has 0 saturated heterocycles. The van der Waals surface area contributed by atoms with Gasteiger partial charge in [0.05, 0.1) is 13.7 Å². The highest BCUT2D eigenvalue weighted by Crippen LogP contribution is 2.13. The molecular weight excluding hydrogens is 232 g/mol. The van der Waals surface area contributed by atoms with Gasteiger partial charge in [-0.1, -0.05) is 6.92 Å². The summed E-state index contributed by atoms with van der Waals surface area (Å²) in [5.74, 6) is 0.585. The predicted molar refractivity (Wildman–Crippen MR) is 67.8 cm³/mol. The molecule has 0 atom stereocenters. The molecule has 4 heteroatoms. The average molecular weight is 250 g/mol. The first kappa shape index (κ1) is 14.2. The molecule has 98 valence electrons. The normalized spacial score (nSPS) is 9.89. The van der Waals surface area contributed by atoms with E-state index in [0.717, 1.165) is 0 Å². The summed E-state index contributed by atoms with van der Waals surface area (Å²) in [5.41, 5.74) is 0.694. The van der Waals surface area contributed by atoms with E-state index in [1.54, 1.807) is 24.3 Å². The minimum absolute atomic E-state index is 0.118. The third kappa shape index (κ3) is 4.57. The van der Waals surface area contributed by atoms with E-state index in [1.807, 2.05) is 6.92 Å². The molecule has 0 spiro atoms. The van der Waals surface area contributed by atoms with Crippen LogP contribution < -0.4 is 4.74 Å². The topological polar surface area (TPSA) is 52.6 Å². The number of carbonyl (C=O) groups is 2. The van der Waals surface area contributed by atoms with Crippen molar-refractivity contribution in [3.8, 4) is 5.75 Å². The van der Waals surface area contributed by atoms with E-state index in [2.05, 4.69) is 4.74 Å². The minimum atomic E-state index is -0.234. The van der Waals surface area contributed by atoms with Crippen molar-refractivity contribution in [2.45, 2.75) is 26.2 Å². The summed E-state index contributed by atoms with van der Waals surface area (Å²) >= 11 is 0. The summed E-state index contributed by atoms with van der Waals surface area (Å²) in [7, 11) is 1.37. The van der Waals surface area contributed by atoms with Gasteiger partial charge in [0.15, 0.2) is 5.78 Å². The molecule has 0 radical (unpaired) electrons. The maximum atomic E-state index is 11.4. The molecule has 0 amide bonds. The summed E-state index contributed by atoms with van der Waals surface area (Å²) in [6.07, 6.45) is 1.46. The zero-order chi connectivity index (χ0) is 13.4. The van der Waals surface area contributed by atoms with Crippen molar-refractivity contribution in [3.63, 3.8) is 0 Å². The summed E-state index contributed by atoms with van der Waals surface area (Å²) in [6, 6.07) is 7.03. The predicted octanol–water partition coefficient (Wildman–Crippen LogP) is 2.61. The maximum Gasteiger partial charge on any atom is 0.305 e. The van der Waals surface area contributed by atoms with Crippen molar-refractivity contribution in [3.05, 3.63) is 29.8 Å². The number of hydrogen-bond acceptors (Lipinski definition) is 4. The molecule has 4 nitrogen and oxygen atoms in total. The number of hydrogen-bond donors (Lipinski definition) is 0. The van der Waals surface area contributed by atoms with E-state index in [9.17, 15) is 9.59 Å². The Morgan fingerprint density at radius 1 is 1.17 bits per heavy atom. The van der Waals surface area contributed by atoms with Crippen molar-refractivity contribution in [1.29, 1.82) is 0 Å². The largest absolute Gasteiger partial charge is 0.494 e. The smallest absolute Gasteiger partial charge is 0.305 e. The standard InChI is InChI=1S/C14H18O4/c1-3-13(15)11-6-8-12(9-7-11)18-10-4-5-14(16)17-2/h6-9H,3-5,10H2,1-2H3. The van der Waals surface area contributed by atoms with E-state index in [1.165, 1.54) is 7.11 Å². The van der Waals surface area contributed by atoms with E-state index < -0.39 is 0 Å². The Bertz CT molecular complexity index is 395. The van der Waals surface area contributed by atoms with Crippen molar-refractivity contribution in [2.24, 2.45) is 0 Å². The van der Waals surface area contributed by atoms with Crippen molar-refractivity contribution in [1.82, 2.24) is 0 Å². The molecule has 0 aromatic heterocycles. The lowest BCUT2D eigenvalue weighted by molar-refractivity contribution is -0.140. The fourth-order valence-electron chi connectivity index (χ4n) is 1.45. The molecule has 1 aromatic rings. The number of esters is 1. The first-order valence-corrected chi connectivity index (χ1v) is 6.00. The Kier molecular flexibility index (Phi) is 5.91. The van der Waals surface area contributed by atoms with Crippen LogP contribution in [0, 0.1) is 0 Å². The molecule has 0 aliphatic heterocycles. The molecule has 0 aliphatic carbocycles. The highest BCUT2D eigenvalue weighted by molar-refractivity contribution is 5.95. The minimum Gasteiger partial charge on any atom is -0.494 e. The van der Waals surface area contributed by atoms with Crippen LogP contribution in [0.2, 0.25) is 0 Å². The number of ether oxygens (including phenoxy) is 2. The molecular formula is C14H18O4. The lowest BCUT2D eigenvalue weighted by Gasteiger charge is -2.06. The Morgan fingerprint density at radius 3 is 2.39 bits per heavy atom. The summed E-state index contributed by atoms with van der Waals surface area (Å²) in [6.45, 7) is 2.29. The Morgan fingerprint density at radius 2 is 1.83 bits per heavy atom. The van der Waals surface area contributed by atoms with Gasteiger partial charge in [0, 0.05) is 18.4 Å². The second kappa shape index (κ2) is 7.48. The van der Waals surface area contributed by atoms with Gasteiger partial charge in [0.2, 0.25) is 0 Å². The van der Waals surface area contributed by atoms with Gasteiger partial charge in [-0.2, -0.15) is 0 Å². The Labute approximate surface area is 107 Å². The van der Waals surface area contributed by atoms with Crippen LogP contribution in [0.25, 0.3) is 0 Å². The van der Waals surface area contributed by atoms with Crippen LogP contribution in [-0.2, 0) is 9.53 Å². The zero-order valence-corrected chi connectivity index (χ0v) is 10.8. The van der Waals surface area contributed by atoms with Gasteiger partial charge in [-0.3, -0.25) is 9.59 Å². The van der Waals surface area contributed by atoms with Crippen molar-refractivity contribution < 1.29 is 19.1 Å². The van der Waals surface area contributed by atoms with Gasteiger partial charge in [0.25, 0.3) is 0 Å². The van der Waals surface area contributed by atoms with Crippen LogP contribution in [0.15, 0.2) is 24.3 Å². The van der Waals surface area contributed by atoms with Crippen LogP contribution in [0.3, 0.4) is 0 Å². The SMILES string of the molecule is CCC(=O)c1ccc(OCCCC(=O)OC)cc1. The molecule has 0 aliphatic rings. The molecule has 0 heterocycles. The number of ketones is 1. The maximum absolute atomic E-state index is 11.4. The van der Waals surface area contributed by atoms with Gasteiger partial charge in [-0.15, -0.1) is 0 Å². The summed E-state index contributed by atoms with van der Waals surface area (Å²) in [4.78, 5) is 22.3. The van der Waals surface area contributed by atoms with Crippen LogP contribution in [0.5, 0.6) is 5.75 Å².